The Hall–Kier alpha value is -2.64. The van der Waals surface area contributed by atoms with E-state index in [1.54, 1.807) is 12.1 Å². The fourth-order valence-corrected chi connectivity index (χ4v) is 2.54. The third kappa shape index (κ3) is 5.44. The molecule has 0 bridgehead atoms. The molecule has 26 heavy (non-hydrogen) atoms. The van der Waals surface area contributed by atoms with Crippen LogP contribution in [0.5, 0.6) is 0 Å². The van der Waals surface area contributed by atoms with Gasteiger partial charge in [0.05, 0.1) is 11.3 Å². The monoisotopic (exact) mass is 367 g/mol. The maximum atomic E-state index is 13.2. The Morgan fingerprint density at radius 1 is 1.31 bits per heavy atom. The molecule has 140 valence electrons. The highest BCUT2D eigenvalue weighted by atomic mass is 19.4. The molecule has 1 aromatic rings. The smallest absolute Gasteiger partial charge is 0.382 e. The number of alkyl halides is 3. The highest BCUT2D eigenvalue weighted by molar-refractivity contribution is 6.45. The Morgan fingerprint density at radius 2 is 1.96 bits per heavy atom. The van der Waals surface area contributed by atoms with Crippen LogP contribution in [0.15, 0.2) is 23.3 Å². The first-order valence-electron chi connectivity index (χ1n) is 7.89. The molecule has 1 aliphatic heterocycles. The Kier molecular flexibility index (Phi) is 6.18. The Labute approximate surface area is 149 Å². The van der Waals surface area contributed by atoms with Gasteiger partial charge < -0.3 is 10.6 Å². The van der Waals surface area contributed by atoms with Gasteiger partial charge in [-0.05, 0) is 30.8 Å². The number of nitrogens with zero attached hydrogens (tertiary/aromatic N) is 4. The average molecular weight is 367 g/mol. The molecule has 0 aliphatic carbocycles. The van der Waals surface area contributed by atoms with E-state index in [2.05, 4.69) is 20.3 Å². The van der Waals surface area contributed by atoms with E-state index in [1.807, 2.05) is 7.05 Å². The van der Waals surface area contributed by atoms with E-state index in [1.165, 1.54) is 0 Å². The molecule has 1 fully saturated rings. The van der Waals surface area contributed by atoms with Gasteiger partial charge in [-0.2, -0.15) is 23.5 Å². The molecule has 0 aromatic heterocycles. The van der Waals surface area contributed by atoms with Gasteiger partial charge >= 0.3 is 6.18 Å². The van der Waals surface area contributed by atoms with Gasteiger partial charge in [-0.1, -0.05) is 0 Å². The van der Waals surface area contributed by atoms with E-state index in [0.29, 0.717) is 12.1 Å². The van der Waals surface area contributed by atoms with E-state index in [4.69, 9.17) is 16.4 Å². The van der Waals surface area contributed by atoms with Crippen LogP contribution in [-0.2, 0) is 12.7 Å². The lowest BCUT2D eigenvalue weighted by Gasteiger charge is -2.32. The average Bonchev–Trinajstić information content (AvgIpc) is 2.56. The standard InChI is InChI=1S/C16H20F3N7/c1-25-2-4-26(5-3-25)10-11-6-12(16(17,18)19)8-13(7-11)23-24-14(9-20)15(21)22/h6-8,23H,2-5,10H2,1H3,(H3,21,22)/b24-14+. The fourth-order valence-electron chi connectivity index (χ4n) is 2.54. The van der Waals surface area contributed by atoms with E-state index in [-0.39, 0.29) is 5.69 Å². The van der Waals surface area contributed by atoms with Gasteiger partial charge in [0, 0.05) is 32.7 Å². The third-order valence-corrected chi connectivity index (χ3v) is 3.98. The summed E-state index contributed by atoms with van der Waals surface area (Å²) in [7, 11) is 2.00. The SMILES string of the molecule is CN1CCN(Cc2cc(N/N=C(\C#N)C(=N)N)cc(C(F)(F)F)c2)CC1. The summed E-state index contributed by atoms with van der Waals surface area (Å²) in [5.74, 6) is -0.565. The zero-order chi connectivity index (χ0) is 19.3. The van der Waals surface area contributed by atoms with Crippen molar-refractivity contribution >= 4 is 17.2 Å². The Balaban J connectivity index is 2.25. The molecule has 10 heteroatoms. The van der Waals surface area contributed by atoms with Crippen molar-refractivity contribution in [1.29, 1.82) is 10.7 Å². The molecule has 2 rings (SSSR count). The van der Waals surface area contributed by atoms with Crippen molar-refractivity contribution in [2.45, 2.75) is 12.7 Å². The first-order valence-corrected chi connectivity index (χ1v) is 7.89. The maximum Gasteiger partial charge on any atom is 0.416 e. The molecule has 1 aliphatic rings. The van der Waals surface area contributed by atoms with Crippen molar-refractivity contribution < 1.29 is 13.2 Å². The van der Waals surface area contributed by atoms with Crippen molar-refractivity contribution in [3.8, 4) is 6.07 Å². The molecule has 0 spiro atoms. The number of nitriles is 1. The predicted molar refractivity (Wildman–Crippen MR) is 92.8 cm³/mol. The second-order valence-corrected chi connectivity index (χ2v) is 6.09. The predicted octanol–water partition coefficient (Wildman–Crippen LogP) is 1.68. The number of nitrogens with two attached hydrogens (primary N) is 1. The van der Waals surface area contributed by atoms with Gasteiger partial charge in [-0.15, -0.1) is 0 Å². The van der Waals surface area contributed by atoms with Crippen molar-refractivity contribution in [1.82, 2.24) is 9.80 Å². The Morgan fingerprint density at radius 3 is 2.50 bits per heavy atom. The summed E-state index contributed by atoms with van der Waals surface area (Å²) in [5.41, 5.74) is 6.93. The summed E-state index contributed by atoms with van der Waals surface area (Å²) in [5, 5.41) is 19.6. The largest absolute Gasteiger partial charge is 0.416 e. The van der Waals surface area contributed by atoms with Gasteiger partial charge in [-0.25, -0.2) is 0 Å². The lowest BCUT2D eigenvalue weighted by molar-refractivity contribution is -0.137. The van der Waals surface area contributed by atoms with Crippen LogP contribution in [0.1, 0.15) is 11.1 Å². The van der Waals surface area contributed by atoms with Crippen LogP contribution in [0.25, 0.3) is 0 Å². The lowest BCUT2D eigenvalue weighted by Crippen LogP contribution is -2.43. The quantitative estimate of drug-likeness (QED) is 0.417. The molecule has 4 N–H and O–H groups in total. The summed E-state index contributed by atoms with van der Waals surface area (Å²) in [6.07, 6.45) is -4.50. The number of amidine groups is 1. The first-order chi connectivity index (χ1) is 12.2. The van der Waals surface area contributed by atoms with Crippen molar-refractivity contribution in [2.24, 2.45) is 10.8 Å². The second kappa shape index (κ2) is 8.16. The molecule has 0 amide bonds. The van der Waals surface area contributed by atoms with Gasteiger partial charge in [-0.3, -0.25) is 15.7 Å². The molecule has 7 nitrogen and oxygen atoms in total. The molecule has 0 unspecified atom stereocenters. The number of hydrazone groups is 1. The molecule has 0 saturated carbocycles. The Bertz CT molecular complexity index is 728. The molecule has 0 radical (unpaired) electrons. The molecule has 1 aromatic carbocycles. The summed E-state index contributed by atoms with van der Waals surface area (Å²) >= 11 is 0. The topological polar surface area (TPSA) is 105 Å². The number of halogens is 3. The molecule has 1 saturated heterocycles. The van der Waals surface area contributed by atoms with Crippen LogP contribution in [0.3, 0.4) is 0 Å². The summed E-state index contributed by atoms with van der Waals surface area (Å²) < 4.78 is 39.5. The summed E-state index contributed by atoms with van der Waals surface area (Å²) in [4.78, 5) is 4.24. The molecular weight excluding hydrogens is 347 g/mol. The summed E-state index contributed by atoms with van der Waals surface area (Å²) in [6, 6.07) is 5.18. The van der Waals surface area contributed by atoms with Gasteiger partial charge in [0.15, 0.2) is 5.84 Å². The fraction of sp³-hybridized carbons (Fsp3) is 0.438. The molecule has 1 heterocycles. The van der Waals surface area contributed by atoms with Crippen molar-refractivity contribution in [3.63, 3.8) is 0 Å². The second-order valence-electron chi connectivity index (χ2n) is 6.09. The van der Waals surface area contributed by atoms with Crippen LogP contribution in [-0.4, -0.2) is 54.6 Å². The normalized spacial score (nSPS) is 17.0. The number of anilines is 1. The number of benzene rings is 1. The van der Waals surface area contributed by atoms with Crippen LogP contribution >= 0.6 is 0 Å². The highest BCUT2D eigenvalue weighted by Crippen LogP contribution is 2.32. The third-order valence-electron chi connectivity index (χ3n) is 3.98. The van der Waals surface area contributed by atoms with Gasteiger partial charge in [0.2, 0.25) is 5.71 Å². The van der Waals surface area contributed by atoms with E-state index < -0.39 is 23.3 Å². The van der Waals surface area contributed by atoms with Crippen LogP contribution in [0, 0.1) is 16.7 Å². The number of piperazine rings is 1. The lowest BCUT2D eigenvalue weighted by atomic mass is 10.1. The van der Waals surface area contributed by atoms with E-state index in [0.717, 1.165) is 38.3 Å². The van der Waals surface area contributed by atoms with Gasteiger partial charge in [0.1, 0.15) is 6.07 Å². The zero-order valence-electron chi connectivity index (χ0n) is 14.3. The number of hydrogen-bond acceptors (Lipinski definition) is 6. The van der Waals surface area contributed by atoms with Gasteiger partial charge in [0.25, 0.3) is 0 Å². The zero-order valence-corrected chi connectivity index (χ0v) is 14.3. The number of nitrogens with one attached hydrogen (secondary N) is 2. The van der Waals surface area contributed by atoms with Crippen LogP contribution < -0.4 is 11.2 Å². The maximum absolute atomic E-state index is 13.2. The van der Waals surface area contributed by atoms with Crippen molar-refractivity contribution in [3.05, 3.63) is 29.3 Å². The van der Waals surface area contributed by atoms with E-state index >= 15 is 0 Å². The van der Waals surface area contributed by atoms with Crippen LogP contribution in [0.4, 0.5) is 18.9 Å². The minimum atomic E-state index is -4.50. The molecule has 0 atom stereocenters. The summed E-state index contributed by atoms with van der Waals surface area (Å²) in [6.45, 7) is 3.65. The first kappa shape index (κ1) is 19.7. The minimum absolute atomic E-state index is 0.0814. The van der Waals surface area contributed by atoms with Crippen LogP contribution in [0.2, 0.25) is 0 Å². The highest BCUT2D eigenvalue weighted by Gasteiger charge is 2.31. The number of likely N-dealkylation sites (N-methyl/N-ethyl adjacent to an activating group) is 1. The number of rotatable bonds is 5. The molecular formula is C16H20F3N7. The van der Waals surface area contributed by atoms with E-state index in [9.17, 15) is 13.2 Å². The number of hydrogen-bond donors (Lipinski definition) is 3. The minimum Gasteiger partial charge on any atom is -0.382 e. The van der Waals surface area contributed by atoms with Crippen molar-refractivity contribution in [2.75, 3.05) is 38.7 Å².